The molecule has 0 radical (unpaired) electrons. The molecule has 0 amide bonds. The minimum atomic E-state index is 0.527. The second-order valence-electron chi connectivity index (χ2n) is 6.21. The zero-order valence-corrected chi connectivity index (χ0v) is 10.4. The van der Waals surface area contributed by atoms with Crippen molar-refractivity contribution in [3.8, 4) is 0 Å². The second-order valence-corrected chi connectivity index (χ2v) is 6.21. The molecule has 88 valence electrons. The lowest BCUT2D eigenvalue weighted by molar-refractivity contribution is 0.195. The Balaban J connectivity index is 1.66. The molecular formula is C14H27N. The fourth-order valence-corrected chi connectivity index (χ4v) is 3.11. The molecule has 4 atom stereocenters. The standard InChI is InChI=1S/C14H27N/c1-10-3-4-12(9-11(10)2)5-8-14(15)13-6-7-13/h10-14H,3-9,15H2,1-2H3. The van der Waals surface area contributed by atoms with Crippen molar-refractivity contribution >= 4 is 0 Å². The van der Waals surface area contributed by atoms with Crippen molar-refractivity contribution in [1.82, 2.24) is 0 Å². The third-order valence-corrected chi connectivity index (χ3v) is 4.84. The predicted molar refractivity (Wildman–Crippen MR) is 65.6 cm³/mol. The summed E-state index contributed by atoms with van der Waals surface area (Å²) in [4.78, 5) is 0. The van der Waals surface area contributed by atoms with Crippen LogP contribution in [0.25, 0.3) is 0 Å². The molecule has 2 saturated carbocycles. The highest BCUT2D eigenvalue weighted by atomic mass is 14.7. The van der Waals surface area contributed by atoms with Gasteiger partial charge in [-0.25, -0.2) is 0 Å². The maximum atomic E-state index is 6.16. The molecule has 2 rings (SSSR count). The van der Waals surface area contributed by atoms with Crippen molar-refractivity contribution in [3.63, 3.8) is 0 Å². The van der Waals surface area contributed by atoms with E-state index in [0.717, 1.165) is 23.7 Å². The highest BCUT2D eigenvalue weighted by Crippen LogP contribution is 2.38. The van der Waals surface area contributed by atoms with Crippen molar-refractivity contribution in [2.75, 3.05) is 0 Å². The molecule has 0 bridgehead atoms. The largest absolute Gasteiger partial charge is 0.327 e. The molecule has 2 fully saturated rings. The van der Waals surface area contributed by atoms with E-state index in [1.807, 2.05) is 0 Å². The van der Waals surface area contributed by atoms with Crippen LogP contribution in [-0.2, 0) is 0 Å². The van der Waals surface area contributed by atoms with Crippen molar-refractivity contribution in [3.05, 3.63) is 0 Å². The van der Waals surface area contributed by atoms with Crippen LogP contribution in [-0.4, -0.2) is 6.04 Å². The Labute approximate surface area is 94.8 Å². The first-order valence-electron chi connectivity index (χ1n) is 6.92. The summed E-state index contributed by atoms with van der Waals surface area (Å²) < 4.78 is 0. The topological polar surface area (TPSA) is 26.0 Å². The molecule has 0 aromatic rings. The Hall–Kier alpha value is -0.0400. The molecule has 0 aromatic carbocycles. The molecule has 1 nitrogen and oxygen atoms in total. The minimum Gasteiger partial charge on any atom is -0.327 e. The van der Waals surface area contributed by atoms with E-state index in [1.165, 1.54) is 44.9 Å². The van der Waals surface area contributed by atoms with Crippen molar-refractivity contribution in [2.24, 2.45) is 29.4 Å². The first-order valence-corrected chi connectivity index (χ1v) is 6.92. The SMILES string of the molecule is CC1CCC(CCC(N)C2CC2)CC1C. The summed E-state index contributed by atoms with van der Waals surface area (Å²) in [5.74, 6) is 3.78. The van der Waals surface area contributed by atoms with E-state index in [9.17, 15) is 0 Å². The summed E-state index contributed by atoms with van der Waals surface area (Å²) in [6.45, 7) is 4.84. The smallest absolute Gasteiger partial charge is 0.00672 e. The Bertz CT molecular complexity index is 198. The van der Waals surface area contributed by atoms with E-state index in [-0.39, 0.29) is 0 Å². The number of rotatable bonds is 4. The zero-order chi connectivity index (χ0) is 10.8. The maximum absolute atomic E-state index is 6.16. The molecule has 0 heterocycles. The number of hydrogen-bond acceptors (Lipinski definition) is 1. The van der Waals surface area contributed by atoms with Crippen LogP contribution in [0.1, 0.15) is 58.8 Å². The molecule has 15 heavy (non-hydrogen) atoms. The van der Waals surface area contributed by atoms with Crippen LogP contribution in [0.15, 0.2) is 0 Å². The third kappa shape index (κ3) is 3.21. The molecule has 2 aliphatic carbocycles. The van der Waals surface area contributed by atoms with Gasteiger partial charge in [-0.2, -0.15) is 0 Å². The van der Waals surface area contributed by atoms with Gasteiger partial charge in [-0.3, -0.25) is 0 Å². The van der Waals surface area contributed by atoms with Crippen LogP contribution >= 0.6 is 0 Å². The van der Waals surface area contributed by atoms with Crippen LogP contribution in [0, 0.1) is 23.7 Å². The van der Waals surface area contributed by atoms with Crippen molar-refractivity contribution in [2.45, 2.75) is 64.8 Å². The van der Waals surface area contributed by atoms with Gasteiger partial charge in [0, 0.05) is 6.04 Å². The normalized spacial score (nSPS) is 39.0. The highest BCUT2D eigenvalue weighted by molar-refractivity contribution is 4.85. The van der Waals surface area contributed by atoms with Crippen LogP contribution < -0.4 is 5.73 Å². The van der Waals surface area contributed by atoms with E-state index in [0.29, 0.717) is 6.04 Å². The first-order chi connectivity index (χ1) is 7.16. The van der Waals surface area contributed by atoms with Gasteiger partial charge in [0.05, 0.1) is 0 Å². The van der Waals surface area contributed by atoms with Crippen LogP contribution in [0.4, 0.5) is 0 Å². The summed E-state index contributed by atoms with van der Waals surface area (Å²) in [5.41, 5.74) is 6.16. The van der Waals surface area contributed by atoms with Crippen molar-refractivity contribution in [1.29, 1.82) is 0 Å². The molecule has 2 aliphatic rings. The van der Waals surface area contributed by atoms with Gasteiger partial charge >= 0.3 is 0 Å². The quantitative estimate of drug-likeness (QED) is 0.752. The van der Waals surface area contributed by atoms with Crippen molar-refractivity contribution < 1.29 is 0 Å². The average molecular weight is 209 g/mol. The van der Waals surface area contributed by atoms with Gasteiger partial charge in [-0.1, -0.05) is 26.7 Å². The first kappa shape index (κ1) is 11.4. The van der Waals surface area contributed by atoms with Gasteiger partial charge in [0.1, 0.15) is 0 Å². The summed E-state index contributed by atoms with van der Waals surface area (Å²) >= 11 is 0. The van der Waals surface area contributed by atoms with E-state index in [4.69, 9.17) is 5.73 Å². The van der Waals surface area contributed by atoms with Gasteiger partial charge in [0.15, 0.2) is 0 Å². The molecule has 1 heteroatoms. The minimum absolute atomic E-state index is 0.527. The summed E-state index contributed by atoms with van der Waals surface area (Å²) in [7, 11) is 0. The van der Waals surface area contributed by atoms with E-state index < -0.39 is 0 Å². The molecule has 0 saturated heterocycles. The Morgan fingerprint density at radius 3 is 2.40 bits per heavy atom. The van der Waals surface area contributed by atoms with Gasteiger partial charge < -0.3 is 5.73 Å². The Morgan fingerprint density at radius 1 is 1.07 bits per heavy atom. The van der Waals surface area contributed by atoms with Gasteiger partial charge in [-0.05, 0) is 55.8 Å². The Morgan fingerprint density at radius 2 is 1.80 bits per heavy atom. The van der Waals surface area contributed by atoms with E-state index in [1.54, 1.807) is 0 Å². The maximum Gasteiger partial charge on any atom is 0.00672 e. The lowest BCUT2D eigenvalue weighted by Crippen LogP contribution is -2.26. The third-order valence-electron chi connectivity index (χ3n) is 4.84. The molecular weight excluding hydrogens is 182 g/mol. The second kappa shape index (κ2) is 4.86. The Kier molecular flexibility index (Phi) is 3.71. The summed E-state index contributed by atoms with van der Waals surface area (Å²) in [5, 5.41) is 0. The van der Waals surface area contributed by atoms with Crippen LogP contribution in [0.5, 0.6) is 0 Å². The highest BCUT2D eigenvalue weighted by Gasteiger charge is 2.30. The predicted octanol–water partition coefficient (Wildman–Crippen LogP) is 3.58. The van der Waals surface area contributed by atoms with Gasteiger partial charge in [-0.15, -0.1) is 0 Å². The number of hydrogen-bond donors (Lipinski definition) is 1. The van der Waals surface area contributed by atoms with Gasteiger partial charge in [0.25, 0.3) is 0 Å². The van der Waals surface area contributed by atoms with Crippen LogP contribution in [0.2, 0.25) is 0 Å². The lowest BCUT2D eigenvalue weighted by Gasteiger charge is -2.32. The molecule has 2 N–H and O–H groups in total. The average Bonchev–Trinajstić information content (AvgIpc) is 3.03. The number of nitrogens with two attached hydrogens (primary N) is 1. The van der Waals surface area contributed by atoms with Gasteiger partial charge in [0.2, 0.25) is 0 Å². The molecule has 4 unspecified atom stereocenters. The van der Waals surface area contributed by atoms with E-state index >= 15 is 0 Å². The van der Waals surface area contributed by atoms with E-state index in [2.05, 4.69) is 13.8 Å². The lowest BCUT2D eigenvalue weighted by atomic mass is 9.74. The zero-order valence-electron chi connectivity index (χ0n) is 10.4. The molecule has 0 spiro atoms. The fourth-order valence-electron chi connectivity index (χ4n) is 3.11. The fraction of sp³-hybridized carbons (Fsp3) is 1.00. The molecule has 0 aliphatic heterocycles. The monoisotopic (exact) mass is 209 g/mol. The van der Waals surface area contributed by atoms with Crippen LogP contribution in [0.3, 0.4) is 0 Å². The summed E-state index contributed by atoms with van der Waals surface area (Å²) in [6, 6.07) is 0.527. The molecule has 0 aromatic heterocycles. The summed E-state index contributed by atoms with van der Waals surface area (Å²) in [6.07, 6.45) is 9.86.